The molecule has 0 heterocycles. The average Bonchev–Trinajstić information content (AvgIpc) is 2.45. The summed E-state index contributed by atoms with van der Waals surface area (Å²) < 4.78 is 0. The number of nitriles is 1. The third-order valence-electron chi connectivity index (χ3n) is 2.08. The summed E-state index contributed by atoms with van der Waals surface area (Å²) in [6.07, 6.45) is 0. The monoisotopic (exact) mass is 276 g/mol. The van der Waals surface area contributed by atoms with Crippen molar-refractivity contribution >= 4 is 29.8 Å². The number of oxime groups is 1. The third-order valence-corrected chi connectivity index (χ3v) is 2.25. The zero-order valence-corrected chi connectivity index (χ0v) is 11.1. The molecule has 7 heteroatoms. The molecule has 0 saturated carbocycles. The second kappa shape index (κ2) is 7.92. The Hall–Kier alpha value is -2.30. The van der Waals surface area contributed by atoms with Crippen LogP contribution in [0.3, 0.4) is 0 Å². The van der Waals surface area contributed by atoms with E-state index in [9.17, 15) is 0 Å². The highest BCUT2D eigenvalue weighted by atomic mass is 32.1. The summed E-state index contributed by atoms with van der Waals surface area (Å²) in [7, 11) is 1.43. The van der Waals surface area contributed by atoms with Crippen molar-refractivity contribution < 1.29 is 9.68 Å². The number of hydrogen-bond acceptors (Lipinski definition) is 5. The van der Waals surface area contributed by atoms with Crippen LogP contribution in [0.2, 0.25) is 0 Å². The van der Waals surface area contributed by atoms with E-state index < -0.39 is 0 Å². The zero-order valence-electron chi connectivity index (χ0n) is 10.3. The van der Waals surface area contributed by atoms with E-state index in [4.69, 9.17) is 14.9 Å². The number of hydroxylamine groups is 1. The van der Waals surface area contributed by atoms with Crippen molar-refractivity contribution in [1.82, 2.24) is 5.48 Å². The summed E-state index contributed by atoms with van der Waals surface area (Å²) in [5.41, 5.74) is 3.88. The Kier molecular flexibility index (Phi) is 6.15. The van der Waals surface area contributed by atoms with Crippen molar-refractivity contribution in [2.24, 2.45) is 10.1 Å². The van der Waals surface area contributed by atoms with Gasteiger partial charge in [-0.1, -0.05) is 29.4 Å². The van der Waals surface area contributed by atoms with E-state index in [2.05, 4.69) is 34.6 Å². The Balaban J connectivity index is 2.84. The van der Waals surface area contributed by atoms with Crippen LogP contribution in [0.15, 0.2) is 34.4 Å². The number of rotatable bonds is 5. The van der Waals surface area contributed by atoms with Crippen molar-refractivity contribution in [3.63, 3.8) is 0 Å². The lowest BCUT2D eigenvalue weighted by Crippen LogP contribution is -2.20. The number of aliphatic imine (C=N–C) groups is 1. The first kappa shape index (κ1) is 14.8. The zero-order chi connectivity index (χ0) is 14.1. The van der Waals surface area contributed by atoms with Gasteiger partial charge in [-0.15, -0.1) is 0 Å². The van der Waals surface area contributed by atoms with Crippen molar-refractivity contribution in [2.75, 3.05) is 7.11 Å². The van der Waals surface area contributed by atoms with Crippen LogP contribution in [0, 0.1) is 11.3 Å². The minimum Gasteiger partial charge on any atom is -0.397 e. The summed E-state index contributed by atoms with van der Waals surface area (Å²) in [6, 6.07) is 9.07. The Morgan fingerprint density at radius 3 is 2.89 bits per heavy atom. The summed E-state index contributed by atoms with van der Waals surface area (Å²) in [5.74, 6) is 0.351. The molecule has 0 spiro atoms. The molecule has 0 aliphatic heterocycles. The maximum Gasteiger partial charge on any atom is 0.202 e. The molecular formula is C12H12N4O2S. The van der Waals surface area contributed by atoms with Gasteiger partial charge in [-0.25, -0.2) is 10.5 Å². The van der Waals surface area contributed by atoms with Gasteiger partial charge in [0, 0.05) is 5.56 Å². The Morgan fingerprint density at radius 1 is 1.53 bits per heavy atom. The first-order valence-electron chi connectivity index (χ1n) is 5.21. The van der Waals surface area contributed by atoms with Gasteiger partial charge in [0.05, 0.1) is 0 Å². The number of nitrogens with one attached hydrogen (secondary N) is 1. The van der Waals surface area contributed by atoms with Gasteiger partial charge in [0.15, 0.2) is 5.84 Å². The topological polar surface area (TPSA) is 79.0 Å². The highest BCUT2D eigenvalue weighted by molar-refractivity contribution is 7.80. The quantitative estimate of drug-likeness (QED) is 0.382. The molecule has 0 unspecified atom stereocenters. The maximum atomic E-state index is 8.49. The molecule has 0 radical (unpaired) electrons. The minimum absolute atomic E-state index is 0.0369. The number of nitrogens with zero attached hydrogens (tertiary/aromatic N) is 3. The molecule has 6 nitrogen and oxygen atoms in total. The molecule has 0 bridgehead atoms. The molecule has 1 aromatic rings. The molecule has 0 atom stereocenters. The van der Waals surface area contributed by atoms with Crippen LogP contribution in [0.5, 0.6) is 0 Å². The second-order valence-corrected chi connectivity index (χ2v) is 3.65. The Morgan fingerprint density at radius 2 is 2.26 bits per heavy atom. The number of benzene rings is 1. The molecule has 98 valence electrons. The average molecular weight is 276 g/mol. The molecule has 0 amide bonds. The predicted octanol–water partition coefficient (Wildman–Crippen LogP) is 1.57. The van der Waals surface area contributed by atoms with E-state index in [1.807, 2.05) is 24.3 Å². The molecule has 0 aliphatic rings. The SMILES string of the molecule is C=N/C(=N/OC)c1ccccc1CONC(=S)C#N. The van der Waals surface area contributed by atoms with Crippen LogP contribution in [0.25, 0.3) is 0 Å². The summed E-state index contributed by atoms with van der Waals surface area (Å²) >= 11 is 4.65. The largest absolute Gasteiger partial charge is 0.397 e. The van der Waals surface area contributed by atoms with Gasteiger partial charge >= 0.3 is 0 Å². The molecule has 0 saturated heterocycles. The number of hydrogen-bond donors (Lipinski definition) is 1. The van der Waals surface area contributed by atoms with Gasteiger partial charge in [-0.3, -0.25) is 4.84 Å². The van der Waals surface area contributed by atoms with Gasteiger partial charge in [0.2, 0.25) is 4.99 Å². The van der Waals surface area contributed by atoms with Crippen LogP contribution < -0.4 is 5.48 Å². The first-order valence-corrected chi connectivity index (χ1v) is 5.61. The molecule has 1 rings (SSSR count). The van der Waals surface area contributed by atoms with Crippen LogP contribution in [-0.4, -0.2) is 24.7 Å². The van der Waals surface area contributed by atoms with Gasteiger partial charge in [-0.05, 0) is 24.5 Å². The highest BCUT2D eigenvalue weighted by Gasteiger charge is 2.08. The van der Waals surface area contributed by atoms with Gasteiger partial charge in [0.25, 0.3) is 0 Å². The van der Waals surface area contributed by atoms with E-state index in [-0.39, 0.29) is 11.6 Å². The van der Waals surface area contributed by atoms with E-state index in [1.165, 1.54) is 7.11 Å². The van der Waals surface area contributed by atoms with Crippen LogP contribution in [0.1, 0.15) is 11.1 Å². The number of thiocarbonyl (C=S) groups is 1. The van der Waals surface area contributed by atoms with Crippen molar-refractivity contribution in [1.29, 1.82) is 5.26 Å². The Labute approximate surface area is 116 Å². The van der Waals surface area contributed by atoms with Crippen LogP contribution >= 0.6 is 12.2 Å². The van der Waals surface area contributed by atoms with Gasteiger partial charge < -0.3 is 4.84 Å². The molecule has 19 heavy (non-hydrogen) atoms. The van der Waals surface area contributed by atoms with Crippen molar-refractivity contribution in [2.45, 2.75) is 6.61 Å². The van der Waals surface area contributed by atoms with Crippen molar-refractivity contribution in [3.05, 3.63) is 35.4 Å². The predicted molar refractivity (Wildman–Crippen MR) is 75.7 cm³/mol. The van der Waals surface area contributed by atoms with E-state index >= 15 is 0 Å². The third kappa shape index (κ3) is 4.46. The fourth-order valence-electron chi connectivity index (χ4n) is 1.32. The molecule has 0 fully saturated rings. The fourth-order valence-corrected chi connectivity index (χ4v) is 1.38. The summed E-state index contributed by atoms with van der Waals surface area (Å²) in [4.78, 5) is 13.6. The van der Waals surface area contributed by atoms with Crippen LogP contribution in [-0.2, 0) is 16.3 Å². The number of amidine groups is 1. The van der Waals surface area contributed by atoms with Crippen molar-refractivity contribution in [3.8, 4) is 6.07 Å². The summed E-state index contributed by atoms with van der Waals surface area (Å²) in [6.45, 7) is 3.63. The fraction of sp³-hybridized carbons (Fsp3) is 0.167. The van der Waals surface area contributed by atoms with E-state index in [0.29, 0.717) is 5.84 Å². The molecule has 1 aromatic carbocycles. The van der Waals surface area contributed by atoms with Gasteiger partial charge in [-0.2, -0.15) is 5.26 Å². The molecule has 0 aromatic heterocycles. The van der Waals surface area contributed by atoms with Gasteiger partial charge in [0.1, 0.15) is 19.8 Å². The van der Waals surface area contributed by atoms with Crippen LogP contribution in [0.4, 0.5) is 0 Å². The molecular weight excluding hydrogens is 264 g/mol. The summed E-state index contributed by atoms with van der Waals surface area (Å²) in [5, 5.41) is 12.3. The lowest BCUT2D eigenvalue weighted by Gasteiger charge is -2.09. The minimum atomic E-state index is -0.0369. The molecule has 1 N–H and O–H groups in total. The first-order chi connectivity index (χ1) is 9.22. The maximum absolute atomic E-state index is 8.49. The lowest BCUT2D eigenvalue weighted by molar-refractivity contribution is 0.0736. The molecule has 0 aliphatic carbocycles. The highest BCUT2D eigenvalue weighted by Crippen LogP contribution is 2.12. The Bertz CT molecular complexity index is 537. The van der Waals surface area contributed by atoms with E-state index in [0.717, 1.165) is 11.1 Å². The normalized spacial score (nSPS) is 10.4. The van der Waals surface area contributed by atoms with E-state index in [1.54, 1.807) is 6.07 Å². The lowest BCUT2D eigenvalue weighted by atomic mass is 10.1. The standard InChI is InChI=1S/C12H12N4O2S/c1-14-12(16-17-2)10-6-4-3-5-9(10)8-18-15-11(19)7-13/h3-6H,1,8H2,2H3,(H,15,19)/b16-12+. The second-order valence-electron chi connectivity index (χ2n) is 3.24. The smallest absolute Gasteiger partial charge is 0.202 e.